The van der Waals surface area contributed by atoms with Crippen molar-refractivity contribution in [3.05, 3.63) is 54.1 Å². The number of ether oxygens (including phenoxy) is 1. The molecule has 0 amide bonds. The molecule has 0 aliphatic carbocycles. The number of hydrogen-bond acceptors (Lipinski definition) is 3. The number of nitrogens with zero attached hydrogens (tertiary/aromatic N) is 1. The SMILES string of the molecule is CCc1cc2c(c3ccccc13)Nc1ccc(N(CC)CC)cc1O2. The molecule has 0 bridgehead atoms. The topological polar surface area (TPSA) is 24.5 Å². The Labute approximate surface area is 149 Å². The monoisotopic (exact) mass is 332 g/mol. The van der Waals surface area contributed by atoms with Crippen molar-refractivity contribution in [1.82, 2.24) is 0 Å². The van der Waals surface area contributed by atoms with Gasteiger partial charge in [-0.05, 0) is 49.4 Å². The first kappa shape index (κ1) is 15.8. The number of rotatable bonds is 4. The molecule has 4 rings (SSSR count). The molecule has 0 spiro atoms. The molecule has 25 heavy (non-hydrogen) atoms. The summed E-state index contributed by atoms with van der Waals surface area (Å²) < 4.78 is 6.32. The lowest BCUT2D eigenvalue weighted by molar-refractivity contribution is 0.481. The van der Waals surface area contributed by atoms with Crippen molar-refractivity contribution in [3.63, 3.8) is 0 Å². The molecule has 1 aliphatic heterocycles. The normalized spacial score (nSPS) is 12.1. The maximum atomic E-state index is 6.32. The highest BCUT2D eigenvalue weighted by molar-refractivity contribution is 6.02. The third kappa shape index (κ3) is 2.60. The second kappa shape index (κ2) is 6.32. The largest absolute Gasteiger partial charge is 0.453 e. The van der Waals surface area contributed by atoms with Crippen LogP contribution in [-0.4, -0.2) is 13.1 Å². The fourth-order valence-corrected chi connectivity index (χ4v) is 3.66. The minimum Gasteiger partial charge on any atom is -0.453 e. The summed E-state index contributed by atoms with van der Waals surface area (Å²) in [6.45, 7) is 8.53. The lowest BCUT2D eigenvalue weighted by Crippen LogP contribution is -2.21. The van der Waals surface area contributed by atoms with Crippen LogP contribution in [-0.2, 0) is 6.42 Å². The molecule has 3 nitrogen and oxygen atoms in total. The van der Waals surface area contributed by atoms with Gasteiger partial charge in [0.2, 0.25) is 0 Å². The standard InChI is InChI=1S/C22H24N2O/c1-4-15-13-21-22(18-10-8-7-9-17(15)18)23-19-12-11-16(14-20(19)25-21)24(5-2)6-3/h7-14,23H,4-6H2,1-3H3. The Morgan fingerprint density at radius 3 is 2.36 bits per heavy atom. The van der Waals surface area contributed by atoms with E-state index in [0.717, 1.165) is 42.4 Å². The summed E-state index contributed by atoms with van der Waals surface area (Å²) in [4.78, 5) is 2.33. The zero-order chi connectivity index (χ0) is 17.4. The molecule has 1 N–H and O–H groups in total. The van der Waals surface area contributed by atoms with E-state index >= 15 is 0 Å². The Morgan fingerprint density at radius 1 is 0.880 bits per heavy atom. The van der Waals surface area contributed by atoms with Crippen molar-refractivity contribution < 1.29 is 4.74 Å². The maximum Gasteiger partial charge on any atom is 0.153 e. The summed E-state index contributed by atoms with van der Waals surface area (Å²) in [5, 5.41) is 6.11. The van der Waals surface area contributed by atoms with Crippen molar-refractivity contribution in [2.24, 2.45) is 0 Å². The molecule has 1 heterocycles. The van der Waals surface area contributed by atoms with Crippen LogP contribution in [0, 0.1) is 0 Å². The molecule has 0 radical (unpaired) electrons. The first-order chi connectivity index (χ1) is 12.2. The van der Waals surface area contributed by atoms with Gasteiger partial charge < -0.3 is 15.0 Å². The van der Waals surface area contributed by atoms with Crippen molar-refractivity contribution in [2.75, 3.05) is 23.3 Å². The number of fused-ring (bicyclic) bond motifs is 4. The lowest BCUT2D eigenvalue weighted by Gasteiger charge is -2.27. The van der Waals surface area contributed by atoms with Crippen LogP contribution in [0.3, 0.4) is 0 Å². The van der Waals surface area contributed by atoms with Crippen LogP contribution in [0.1, 0.15) is 26.3 Å². The highest BCUT2D eigenvalue weighted by atomic mass is 16.5. The van der Waals surface area contributed by atoms with Gasteiger partial charge in [0.05, 0.1) is 11.4 Å². The molecule has 128 valence electrons. The molecule has 0 saturated heterocycles. The molecule has 3 aromatic carbocycles. The zero-order valence-corrected chi connectivity index (χ0v) is 15.1. The van der Waals surface area contributed by atoms with Crippen LogP contribution in [0.25, 0.3) is 10.8 Å². The molecule has 0 aromatic heterocycles. The summed E-state index contributed by atoms with van der Waals surface area (Å²) in [5.74, 6) is 1.81. The van der Waals surface area contributed by atoms with Gasteiger partial charge in [0.15, 0.2) is 11.5 Å². The Bertz CT molecular complexity index is 929. The molecule has 0 saturated carbocycles. The molecular weight excluding hydrogens is 308 g/mol. The van der Waals surface area contributed by atoms with Gasteiger partial charge in [-0.25, -0.2) is 0 Å². The van der Waals surface area contributed by atoms with Crippen LogP contribution < -0.4 is 15.0 Å². The van der Waals surface area contributed by atoms with Gasteiger partial charge in [0, 0.05) is 30.2 Å². The van der Waals surface area contributed by atoms with Gasteiger partial charge in [-0.15, -0.1) is 0 Å². The van der Waals surface area contributed by atoms with E-state index in [1.807, 2.05) is 0 Å². The van der Waals surface area contributed by atoms with Gasteiger partial charge in [0.1, 0.15) is 0 Å². The Balaban J connectivity index is 1.82. The van der Waals surface area contributed by atoms with Gasteiger partial charge in [-0.3, -0.25) is 0 Å². The van der Waals surface area contributed by atoms with Crippen LogP contribution in [0.2, 0.25) is 0 Å². The van der Waals surface area contributed by atoms with Crippen LogP contribution in [0.15, 0.2) is 48.5 Å². The van der Waals surface area contributed by atoms with E-state index in [0.29, 0.717) is 0 Å². The first-order valence-electron chi connectivity index (χ1n) is 9.13. The van der Waals surface area contributed by atoms with E-state index in [9.17, 15) is 0 Å². The van der Waals surface area contributed by atoms with Gasteiger partial charge in [-0.1, -0.05) is 31.2 Å². The van der Waals surface area contributed by atoms with Crippen molar-refractivity contribution in [3.8, 4) is 11.5 Å². The van der Waals surface area contributed by atoms with E-state index in [1.165, 1.54) is 22.0 Å². The quantitative estimate of drug-likeness (QED) is 0.489. The van der Waals surface area contributed by atoms with Gasteiger partial charge >= 0.3 is 0 Å². The summed E-state index contributed by atoms with van der Waals surface area (Å²) in [7, 11) is 0. The molecular formula is C22H24N2O. The van der Waals surface area contributed by atoms with Crippen molar-refractivity contribution >= 4 is 27.8 Å². The summed E-state index contributed by atoms with van der Waals surface area (Å²) >= 11 is 0. The van der Waals surface area contributed by atoms with Gasteiger partial charge in [0.25, 0.3) is 0 Å². The number of aryl methyl sites for hydroxylation is 1. The smallest absolute Gasteiger partial charge is 0.153 e. The Kier molecular flexibility index (Phi) is 4.00. The first-order valence-corrected chi connectivity index (χ1v) is 9.13. The molecule has 3 heteroatoms. The fraction of sp³-hybridized carbons (Fsp3) is 0.273. The highest BCUT2D eigenvalue weighted by Crippen LogP contribution is 2.47. The second-order valence-corrected chi connectivity index (χ2v) is 6.39. The predicted octanol–water partition coefficient (Wildman–Crippen LogP) is 6.10. The van der Waals surface area contributed by atoms with Crippen LogP contribution in [0.5, 0.6) is 11.5 Å². The zero-order valence-electron chi connectivity index (χ0n) is 15.1. The second-order valence-electron chi connectivity index (χ2n) is 6.39. The molecule has 3 aromatic rings. The molecule has 1 aliphatic rings. The van der Waals surface area contributed by atoms with Crippen LogP contribution >= 0.6 is 0 Å². The molecule has 0 unspecified atom stereocenters. The number of anilines is 3. The minimum absolute atomic E-state index is 0.897. The van der Waals surface area contributed by atoms with Gasteiger partial charge in [-0.2, -0.15) is 0 Å². The number of benzene rings is 3. The highest BCUT2D eigenvalue weighted by Gasteiger charge is 2.21. The van der Waals surface area contributed by atoms with Crippen molar-refractivity contribution in [2.45, 2.75) is 27.2 Å². The summed E-state index contributed by atoms with van der Waals surface area (Å²) in [6.07, 6.45) is 0.990. The number of hydrogen-bond donors (Lipinski definition) is 1. The average Bonchev–Trinajstić information content (AvgIpc) is 2.66. The van der Waals surface area contributed by atoms with E-state index < -0.39 is 0 Å². The Morgan fingerprint density at radius 2 is 1.64 bits per heavy atom. The molecule has 0 atom stereocenters. The third-order valence-corrected chi connectivity index (χ3v) is 5.05. The maximum absolute atomic E-state index is 6.32. The Hall–Kier alpha value is -2.68. The van der Waals surface area contributed by atoms with Crippen molar-refractivity contribution in [1.29, 1.82) is 0 Å². The fourth-order valence-electron chi connectivity index (χ4n) is 3.66. The van der Waals surface area contributed by atoms with E-state index in [2.05, 4.69) is 79.5 Å². The number of nitrogens with one attached hydrogen (secondary N) is 1. The average molecular weight is 332 g/mol. The van der Waals surface area contributed by atoms with E-state index in [-0.39, 0.29) is 0 Å². The molecule has 0 fully saturated rings. The predicted molar refractivity (Wildman–Crippen MR) is 107 cm³/mol. The van der Waals surface area contributed by atoms with E-state index in [1.54, 1.807) is 0 Å². The summed E-state index contributed by atoms with van der Waals surface area (Å²) in [5.41, 5.74) is 4.61. The minimum atomic E-state index is 0.897. The van der Waals surface area contributed by atoms with Crippen LogP contribution in [0.4, 0.5) is 17.1 Å². The summed E-state index contributed by atoms with van der Waals surface area (Å²) in [6, 6.07) is 17.1. The third-order valence-electron chi connectivity index (χ3n) is 5.05. The lowest BCUT2D eigenvalue weighted by atomic mass is 9.99. The van der Waals surface area contributed by atoms with E-state index in [4.69, 9.17) is 4.74 Å².